The summed E-state index contributed by atoms with van der Waals surface area (Å²) in [6, 6.07) is 3.66. The summed E-state index contributed by atoms with van der Waals surface area (Å²) < 4.78 is 5.32. The molecule has 0 atom stereocenters. The third-order valence-corrected chi connectivity index (χ3v) is 2.62. The Bertz CT molecular complexity index is 542. The molecule has 84 valence electrons. The number of methoxy groups -OCH3 is 1. The van der Waals surface area contributed by atoms with Gasteiger partial charge in [0, 0.05) is 22.7 Å². The van der Waals surface area contributed by atoms with Crippen molar-refractivity contribution in [3.05, 3.63) is 29.5 Å². The molecule has 1 aromatic carbocycles. The van der Waals surface area contributed by atoms with Crippen molar-refractivity contribution in [2.45, 2.75) is 13.3 Å². The molecular formula is C12H13NO3. The Morgan fingerprint density at radius 1 is 1.50 bits per heavy atom. The molecule has 0 saturated carbocycles. The van der Waals surface area contributed by atoms with Crippen molar-refractivity contribution < 1.29 is 14.6 Å². The number of carbonyl (C=O) groups is 1. The van der Waals surface area contributed by atoms with Crippen LogP contribution in [-0.2, 0) is 11.2 Å². The first kappa shape index (κ1) is 10.5. The molecule has 0 saturated heterocycles. The van der Waals surface area contributed by atoms with Crippen LogP contribution in [0.2, 0.25) is 0 Å². The molecule has 2 N–H and O–H groups in total. The van der Waals surface area contributed by atoms with Crippen molar-refractivity contribution in [1.82, 2.24) is 4.98 Å². The van der Waals surface area contributed by atoms with Gasteiger partial charge in [-0.2, -0.15) is 0 Å². The van der Waals surface area contributed by atoms with Gasteiger partial charge < -0.3 is 14.8 Å². The largest absolute Gasteiger partial charge is 0.496 e. The quantitative estimate of drug-likeness (QED) is 0.831. The van der Waals surface area contributed by atoms with Crippen molar-refractivity contribution in [2.24, 2.45) is 0 Å². The van der Waals surface area contributed by atoms with Crippen LogP contribution in [0.1, 0.15) is 11.1 Å². The van der Waals surface area contributed by atoms with Crippen LogP contribution >= 0.6 is 0 Å². The van der Waals surface area contributed by atoms with Crippen molar-refractivity contribution in [3.63, 3.8) is 0 Å². The van der Waals surface area contributed by atoms with E-state index in [1.807, 2.05) is 19.2 Å². The summed E-state index contributed by atoms with van der Waals surface area (Å²) in [5.74, 6) is -0.204. The molecule has 1 aromatic heterocycles. The fraction of sp³-hybridized carbons (Fsp3) is 0.250. The van der Waals surface area contributed by atoms with Gasteiger partial charge in [-0.15, -0.1) is 0 Å². The SMILES string of the molecule is COc1c(CC(=O)O)ccc2[nH]cc(C)c12. The summed E-state index contributed by atoms with van der Waals surface area (Å²) in [7, 11) is 1.56. The first-order valence-electron chi connectivity index (χ1n) is 4.99. The van der Waals surface area contributed by atoms with Crippen LogP contribution < -0.4 is 4.74 Å². The molecule has 0 radical (unpaired) electrons. The number of aryl methyl sites for hydroxylation is 1. The van der Waals surface area contributed by atoms with E-state index in [1.165, 1.54) is 0 Å². The van der Waals surface area contributed by atoms with Crippen LogP contribution in [0.4, 0.5) is 0 Å². The van der Waals surface area contributed by atoms with Crippen LogP contribution in [-0.4, -0.2) is 23.2 Å². The molecule has 0 amide bonds. The molecule has 2 rings (SSSR count). The van der Waals surface area contributed by atoms with Gasteiger partial charge in [-0.1, -0.05) is 6.07 Å². The van der Waals surface area contributed by atoms with Gasteiger partial charge in [0.2, 0.25) is 0 Å². The first-order valence-corrected chi connectivity index (χ1v) is 4.99. The molecule has 1 heterocycles. The monoisotopic (exact) mass is 219 g/mol. The smallest absolute Gasteiger partial charge is 0.307 e. The second-order valence-electron chi connectivity index (χ2n) is 3.72. The number of benzene rings is 1. The molecule has 0 aliphatic carbocycles. The number of rotatable bonds is 3. The number of aromatic nitrogens is 1. The molecule has 4 heteroatoms. The van der Waals surface area contributed by atoms with E-state index in [-0.39, 0.29) is 6.42 Å². The van der Waals surface area contributed by atoms with Gasteiger partial charge in [0.25, 0.3) is 0 Å². The summed E-state index contributed by atoms with van der Waals surface area (Å²) in [6.07, 6.45) is 1.86. The molecule has 0 aliphatic heterocycles. The van der Waals surface area contributed by atoms with Gasteiger partial charge in [-0.3, -0.25) is 4.79 Å². The summed E-state index contributed by atoms with van der Waals surface area (Å²) in [5.41, 5.74) is 2.72. The summed E-state index contributed by atoms with van der Waals surface area (Å²) in [4.78, 5) is 13.8. The Hall–Kier alpha value is -1.97. The maximum atomic E-state index is 10.7. The second-order valence-corrected chi connectivity index (χ2v) is 3.72. The Morgan fingerprint density at radius 2 is 2.25 bits per heavy atom. The first-order chi connectivity index (χ1) is 7.63. The number of carboxylic acids is 1. The highest BCUT2D eigenvalue weighted by Gasteiger charge is 2.13. The molecular weight excluding hydrogens is 206 g/mol. The molecule has 0 aliphatic rings. The zero-order chi connectivity index (χ0) is 11.7. The number of carboxylic acid groups (broad SMARTS) is 1. The Morgan fingerprint density at radius 3 is 2.88 bits per heavy atom. The molecule has 0 spiro atoms. The zero-order valence-corrected chi connectivity index (χ0v) is 9.20. The normalized spacial score (nSPS) is 10.6. The minimum atomic E-state index is -0.856. The Balaban J connectivity index is 2.66. The number of aromatic amines is 1. The Kier molecular flexibility index (Phi) is 2.56. The van der Waals surface area contributed by atoms with E-state index in [4.69, 9.17) is 9.84 Å². The van der Waals surface area contributed by atoms with E-state index in [2.05, 4.69) is 4.98 Å². The molecule has 2 aromatic rings. The van der Waals surface area contributed by atoms with E-state index < -0.39 is 5.97 Å². The van der Waals surface area contributed by atoms with Crippen LogP contribution in [0.3, 0.4) is 0 Å². The molecule has 0 bridgehead atoms. The van der Waals surface area contributed by atoms with Gasteiger partial charge >= 0.3 is 5.97 Å². The summed E-state index contributed by atoms with van der Waals surface area (Å²) in [5, 5.41) is 9.77. The highest BCUT2D eigenvalue weighted by atomic mass is 16.5. The van der Waals surface area contributed by atoms with Gasteiger partial charge in [0.1, 0.15) is 5.75 Å². The number of nitrogens with one attached hydrogen (secondary N) is 1. The topological polar surface area (TPSA) is 62.3 Å². The predicted molar refractivity (Wildman–Crippen MR) is 60.9 cm³/mol. The standard InChI is InChI=1S/C12H13NO3/c1-7-6-13-9-4-3-8(5-10(14)15)12(16-2)11(7)9/h3-4,6,13H,5H2,1-2H3,(H,14,15). The van der Waals surface area contributed by atoms with Crippen molar-refractivity contribution in [3.8, 4) is 5.75 Å². The number of fused-ring (bicyclic) bond motifs is 1. The number of hydrogen-bond acceptors (Lipinski definition) is 2. The lowest BCUT2D eigenvalue weighted by molar-refractivity contribution is -0.136. The highest BCUT2D eigenvalue weighted by Crippen LogP contribution is 2.32. The van der Waals surface area contributed by atoms with E-state index in [9.17, 15) is 4.79 Å². The van der Waals surface area contributed by atoms with E-state index in [1.54, 1.807) is 13.2 Å². The van der Waals surface area contributed by atoms with Crippen LogP contribution in [0.25, 0.3) is 10.9 Å². The average Bonchev–Trinajstić information content (AvgIpc) is 2.60. The van der Waals surface area contributed by atoms with Gasteiger partial charge in [0.15, 0.2) is 0 Å². The summed E-state index contributed by atoms with van der Waals surface area (Å²) in [6.45, 7) is 1.96. The maximum Gasteiger partial charge on any atom is 0.307 e. The molecule has 16 heavy (non-hydrogen) atoms. The van der Waals surface area contributed by atoms with Gasteiger partial charge in [0.05, 0.1) is 13.5 Å². The van der Waals surface area contributed by atoms with Crippen LogP contribution in [0, 0.1) is 6.92 Å². The third kappa shape index (κ3) is 1.62. The fourth-order valence-electron chi connectivity index (χ4n) is 1.93. The second kappa shape index (κ2) is 3.89. The van der Waals surface area contributed by atoms with Crippen molar-refractivity contribution in [1.29, 1.82) is 0 Å². The van der Waals surface area contributed by atoms with Crippen LogP contribution in [0.5, 0.6) is 5.75 Å². The van der Waals surface area contributed by atoms with E-state index >= 15 is 0 Å². The summed E-state index contributed by atoms with van der Waals surface area (Å²) >= 11 is 0. The van der Waals surface area contributed by atoms with Crippen LogP contribution in [0.15, 0.2) is 18.3 Å². The van der Waals surface area contributed by atoms with Gasteiger partial charge in [-0.25, -0.2) is 0 Å². The minimum Gasteiger partial charge on any atom is -0.496 e. The molecule has 4 nitrogen and oxygen atoms in total. The van der Waals surface area contributed by atoms with E-state index in [0.29, 0.717) is 11.3 Å². The zero-order valence-electron chi connectivity index (χ0n) is 9.20. The van der Waals surface area contributed by atoms with E-state index in [0.717, 1.165) is 16.5 Å². The van der Waals surface area contributed by atoms with Crippen molar-refractivity contribution >= 4 is 16.9 Å². The number of H-pyrrole nitrogens is 1. The maximum absolute atomic E-state index is 10.7. The number of hydrogen-bond donors (Lipinski definition) is 2. The number of ether oxygens (including phenoxy) is 1. The highest BCUT2D eigenvalue weighted by molar-refractivity contribution is 5.91. The van der Waals surface area contributed by atoms with Crippen molar-refractivity contribution in [2.75, 3.05) is 7.11 Å². The van der Waals surface area contributed by atoms with Gasteiger partial charge in [-0.05, 0) is 18.6 Å². The minimum absolute atomic E-state index is 0.0241. The lowest BCUT2D eigenvalue weighted by atomic mass is 10.1. The molecule has 0 unspecified atom stereocenters. The number of aliphatic carboxylic acids is 1. The predicted octanol–water partition coefficient (Wildman–Crippen LogP) is 2.11. The average molecular weight is 219 g/mol. The lowest BCUT2D eigenvalue weighted by Crippen LogP contribution is -2.02. The Labute approximate surface area is 92.9 Å². The third-order valence-electron chi connectivity index (χ3n) is 2.62. The fourth-order valence-corrected chi connectivity index (χ4v) is 1.93. The lowest BCUT2D eigenvalue weighted by Gasteiger charge is -2.08. The molecule has 0 fully saturated rings.